The Morgan fingerprint density at radius 2 is 2.08 bits per heavy atom. The van der Waals surface area contributed by atoms with Gasteiger partial charge in [-0.1, -0.05) is 30.3 Å². The molecule has 0 saturated carbocycles. The number of rotatable bonds is 4. The number of carbonyl (C=O) groups excluding carboxylic acids is 1. The molecule has 138 valence electrons. The number of esters is 1. The topological polar surface area (TPSA) is 66.8 Å². The highest BCUT2D eigenvalue weighted by atomic mass is 32.1. The van der Waals surface area contributed by atoms with Crippen LogP contribution in [0.5, 0.6) is 0 Å². The van der Waals surface area contributed by atoms with E-state index in [1.54, 1.807) is 18.4 Å². The molecule has 26 heavy (non-hydrogen) atoms. The normalized spacial score (nSPS) is 15.8. The van der Waals surface area contributed by atoms with Gasteiger partial charge in [-0.3, -0.25) is 9.79 Å². The number of nitrogens with zero attached hydrogens (tertiary/aromatic N) is 3. The van der Waals surface area contributed by atoms with Gasteiger partial charge in [0.05, 0.1) is 25.3 Å². The maximum Gasteiger partial charge on any atom is 0.308 e. The molecule has 7 heteroatoms. The molecule has 2 aromatic rings. The fourth-order valence-electron chi connectivity index (χ4n) is 3.11. The lowest BCUT2D eigenvalue weighted by molar-refractivity contribution is -0.146. The third-order valence-corrected chi connectivity index (χ3v) is 5.41. The average Bonchev–Trinajstić information content (AvgIpc) is 3.18. The molecule has 1 saturated heterocycles. The van der Waals surface area contributed by atoms with Crippen molar-refractivity contribution in [1.29, 1.82) is 0 Å². The number of methoxy groups -OCH3 is 1. The predicted octanol–water partition coefficient (Wildman–Crippen LogP) is 2.77. The number of nitrogens with one attached hydrogen (secondary N) is 1. The van der Waals surface area contributed by atoms with Gasteiger partial charge >= 0.3 is 5.97 Å². The Bertz CT molecular complexity index is 752. The highest BCUT2D eigenvalue weighted by Gasteiger charge is 2.26. The number of carbonyl (C=O) groups is 1. The number of piperidine rings is 1. The van der Waals surface area contributed by atoms with Crippen molar-refractivity contribution >= 4 is 23.3 Å². The number of hydrogen-bond donors (Lipinski definition) is 1. The average molecular weight is 372 g/mol. The van der Waals surface area contributed by atoms with Crippen molar-refractivity contribution in [3.8, 4) is 11.3 Å². The standard InChI is InChI=1S/C19H24N4O2S/c1-20-19(23-10-8-15(9-11-23)18(24)25-2)21-12-17-22-16(13-26-17)14-6-4-3-5-7-14/h3-7,13,15H,8-12H2,1-2H3,(H,20,21). The fourth-order valence-corrected chi connectivity index (χ4v) is 3.86. The van der Waals surface area contributed by atoms with Crippen molar-refractivity contribution in [2.45, 2.75) is 19.4 Å². The zero-order chi connectivity index (χ0) is 18.4. The summed E-state index contributed by atoms with van der Waals surface area (Å²) in [5, 5.41) is 6.49. The Morgan fingerprint density at radius 1 is 1.35 bits per heavy atom. The van der Waals surface area contributed by atoms with Crippen molar-refractivity contribution in [2.24, 2.45) is 10.9 Å². The summed E-state index contributed by atoms with van der Waals surface area (Å²) in [6.07, 6.45) is 1.59. The number of aliphatic imine (C=N–C) groups is 1. The summed E-state index contributed by atoms with van der Waals surface area (Å²) in [5.74, 6) is 0.746. The summed E-state index contributed by atoms with van der Waals surface area (Å²) in [5.41, 5.74) is 2.13. The Morgan fingerprint density at radius 3 is 2.73 bits per heavy atom. The van der Waals surface area contributed by atoms with Gasteiger partial charge in [-0.15, -0.1) is 11.3 Å². The molecule has 1 aliphatic heterocycles. The van der Waals surface area contributed by atoms with Gasteiger partial charge in [0, 0.05) is 31.1 Å². The van der Waals surface area contributed by atoms with Crippen LogP contribution in [0.2, 0.25) is 0 Å². The zero-order valence-corrected chi connectivity index (χ0v) is 16.0. The minimum absolute atomic E-state index is 0.00162. The second-order valence-electron chi connectivity index (χ2n) is 6.18. The molecule has 1 aliphatic rings. The Labute approximate surface area is 157 Å². The molecule has 0 aliphatic carbocycles. The van der Waals surface area contributed by atoms with Gasteiger partial charge in [-0.2, -0.15) is 0 Å². The van der Waals surface area contributed by atoms with Crippen molar-refractivity contribution in [2.75, 3.05) is 27.2 Å². The maximum atomic E-state index is 11.6. The molecule has 0 atom stereocenters. The van der Waals surface area contributed by atoms with Gasteiger partial charge in [0.1, 0.15) is 5.01 Å². The molecule has 1 aromatic carbocycles. The van der Waals surface area contributed by atoms with Gasteiger partial charge in [0.2, 0.25) is 0 Å². The van der Waals surface area contributed by atoms with Gasteiger partial charge < -0.3 is 15.0 Å². The van der Waals surface area contributed by atoms with Crippen molar-refractivity contribution in [1.82, 2.24) is 15.2 Å². The van der Waals surface area contributed by atoms with Gasteiger partial charge in [0.25, 0.3) is 0 Å². The smallest absolute Gasteiger partial charge is 0.308 e. The van der Waals surface area contributed by atoms with Crippen LogP contribution in [0.4, 0.5) is 0 Å². The van der Waals surface area contributed by atoms with Crippen LogP contribution in [0.25, 0.3) is 11.3 Å². The summed E-state index contributed by atoms with van der Waals surface area (Å²) in [4.78, 5) is 22.9. The van der Waals surface area contributed by atoms with Crippen molar-refractivity contribution in [3.63, 3.8) is 0 Å². The third-order valence-electron chi connectivity index (χ3n) is 4.56. The van der Waals surface area contributed by atoms with Gasteiger partial charge in [-0.25, -0.2) is 4.98 Å². The summed E-state index contributed by atoms with van der Waals surface area (Å²) in [6.45, 7) is 2.24. The number of ether oxygens (including phenoxy) is 1. The van der Waals surface area contributed by atoms with E-state index in [0.29, 0.717) is 6.54 Å². The van der Waals surface area contributed by atoms with E-state index >= 15 is 0 Å². The number of hydrogen-bond acceptors (Lipinski definition) is 5. The van der Waals surface area contributed by atoms with Crippen LogP contribution in [0, 0.1) is 5.92 Å². The Kier molecular flexibility index (Phi) is 6.22. The predicted molar refractivity (Wildman–Crippen MR) is 104 cm³/mol. The van der Waals surface area contributed by atoms with Crippen LogP contribution in [0.1, 0.15) is 17.8 Å². The van der Waals surface area contributed by atoms with Crippen molar-refractivity contribution in [3.05, 3.63) is 40.7 Å². The molecule has 1 N–H and O–H groups in total. The fraction of sp³-hybridized carbons (Fsp3) is 0.421. The van der Waals surface area contributed by atoms with E-state index in [0.717, 1.165) is 48.2 Å². The first-order chi connectivity index (χ1) is 12.7. The van der Waals surface area contributed by atoms with Crippen molar-refractivity contribution < 1.29 is 9.53 Å². The van der Waals surface area contributed by atoms with Crippen LogP contribution in [0.3, 0.4) is 0 Å². The minimum Gasteiger partial charge on any atom is -0.469 e. The van der Waals surface area contributed by atoms with Crippen LogP contribution in [-0.2, 0) is 16.1 Å². The number of aromatic nitrogens is 1. The summed E-state index contributed by atoms with van der Waals surface area (Å²) in [7, 11) is 3.24. The molecule has 0 amide bonds. The summed E-state index contributed by atoms with van der Waals surface area (Å²) >= 11 is 1.64. The zero-order valence-electron chi connectivity index (χ0n) is 15.1. The van der Waals surface area contributed by atoms with Gasteiger partial charge in [0.15, 0.2) is 5.96 Å². The molecule has 6 nitrogen and oxygen atoms in total. The van der Waals surface area contributed by atoms with Gasteiger partial charge in [-0.05, 0) is 12.8 Å². The maximum absolute atomic E-state index is 11.6. The summed E-state index contributed by atoms with van der Waals surface area (Å²) in [6, 6.07) is 10.2. The monoisotopic (exact) mass is 372 g/mol. The molecule has 3 rings (SSSR count). The molecule has 0 spiro atoms. The molecule has 0 bridgehead atoms. The quantitative estimate of drug-likeness (QED) is 0.508. The van der Waals surface area contributed by atoms with Crippen LogP contribution in [-0.4, -0.2) is 49.1 Å². The molecule has 0 radical (unpaired) electrons. The molecular formula is C19H24N4O2S. The molecule has 2 heterocycles. The number of guanidine groups is 1. The van der Waals surface area contributed by atoms with E-state index < -0.39 is 0 Å². The van der Waals surface area contributed by atoms with E-state index in [4.69, 9.17) is 9.72 Å². The third kappa shape index (κ3) is 4.40. The number of likely N-dealkylation sites (tertiary alicyclic amines) is 1. The van der Waals surface area contributed by atoms with E-state index in [-0.39, 0.29) is 11.9 Å². The lowest BCUT2D eigenvalue weighted by Gasteiger charge is -2.33. The van der Waals surface area contributed by atoms with E-state index in [2.05, 4.69) is 32.7 Å². The van der Waals surface area contributed by atoms with E-state index in [1.807, 2.05) is 18.2 Å². The lowest BCUT2D eigenvalue weighted by Crippen LogP contribution is -2.46. The van der Waals surface area contributed by atoms with Crippen LogP contribution >= 0.6 is 11.3 Å². The summed E-state index contributed by atoms with van der Waals surface area (Å²) < 4.78 is 4.85. The van der Waals surface area contributed by atoms with E-state index in [9.17, 15) is 4.79 Å². The number of benzene rings is 1. The van der Waals surface area contributed by atoms with Crippen LogP contribution in [0.15, 0.2) is 40.7 Å². The first kappa shape index (κ1) is 18.4. The molecule has 0 unspecified atom stereocenters. The highest BCUT2D eigenvalue weighted by molar-refractivity contribution is 7.09. The minimum atomic E-state index is -0.108. The Balaban J connectivity index is 1.54. The largest absolute Gasteiger partial charge is 0.469 e. The first-order valence-electron chi connectivity index (χ1n) is 8.74. The molecule has 1 aromatic heterocycles. The first-order valence-corrected chi connectivity index (χ1v) is 9.62. The van der Waals surface area contributed by atoms with E-state index in [1.165, 1.54) is 7.11 Å². The van der Waals surface area contributed by atoms with Crippen LogP contribution < -0.4 is 5.32 Å². The lowest BCUT2D eigenvalue weighted by atomic mass is 9.97. The second-order valence-corrected chi connectivity index (χ2v) is 7.12. The molecular weight excluding hydrogens is 348 g/mol. The number of thiazole rings is 1. The second kappa shape index (κ2) is 8.80. The Hall–Kier alpha value is -2.41. The highest BCUT2D eigenvalue weighted by Crippen LogP contribution is 2.22. The SMILES string of the molecule is CN=C(NCc1nc(-c2ccccc2)cs1)N1CCC(C(=O)OC)CC1. The molecule has 1 fully saturated rings.